The van der Waals surface area contributed by atoms with E-state index in [1.165, 1.54) is 0 Å². The molecule has 4 aromatic carbocycles. The van der Waals surface area contributed by atoms with Gasteiger partial charge in [0.2, 0.25) is 10.1 Å². The van der Waals surface area contributed by atoms with Crippen LogP contribution in [-0.2, 0) is 50.2 Å². The maximum absolute atomic E-state index is 14.0. The minimum absolute atomic E-state index is 0.0979. The molecule has 1 saturated carbocycles. The van der Waals surface area contributed by atoms with E-state index in [-0.39, 0.29) is 26.4 Å². The zero-order chi connectivity index (χ0) is 30.1. The third-order valence-electron chi connectivity index (χ3n) is 7.44. The quantitative estimate of drug-likeness (QED) is 0.173. The van der Waals surface area contributed by atoms with Gasteiger partial charge >= 0.3 is 0 Å². The van der Waals surface area contributed by atoms with Crippen LogP contribution in [0.2, 0.25) is 0 Å². The Kier molecular flexibility index (Phi) is 10.6. The summed E-state index contributed by atoms with van der Waals surface area (Å²) in [5, 5.41) is 12.3. The van der Waals surface area contributed by atoms with Crippen LogP contribution in [0.15, 0.2) is 121 Å². The minimum Gasteiger partial charge on any atom is -0.381 e. The fourth-order valence-electron chi connectivity index (χ4n) is 5.09. The predicted molar refractivity (Wildman–Crippen MR) is 166 cm³/mol. The lowest BCUT2D eigenvalue weighted by Crippen LogP contribution is -2.74. The van der Waals surface area contributed by atoms with E-state index in [1.807, 2.05) is 121 Å². The van der Waals surface area contributed by atoms with E-state index >= 15 is 0 Å². The summed E-state index contributed by atoms with van der Waals surface area (Å²) in [6.07, 6.45) is -3.52. The van der Waals surface area contributed by atoms with Gasteiger partial charge in [-0.2, -0.15) is 0 Å². The van der Waals surface area contributed by atoms with Gasteiger partial charge in [0.1, 0.15) is 18.3 Å². The van der Waals surface area contributed by atoms with Crippen LogP contribution >= 0.6 is 23.2 Å². The molecule has 0 saturated heterocycles. The first-order valence-corrected chi connectivity index (χ1v) is 14.9. The molecule has 1 fully saturated rings. The normalized spacial score (nSPS) is 23.2. The Morgan fingerprint density at radius 2 is 0.977 bits per heavy atom. The Bertz CT molecular complexity index is 1420. The van der Waals surface area contributed by atoms with Gasteiger partial charge < -0.3 is 24.1 Å². The van der Waals surface area contributed by atoms with Crippen molar-refractivity contribution in [1.82, 2.24) is 0 Å². The molecule has 1 N–H and O–H groups in total. The number of Topliss-reactive ketones (excluding diaryl/α,β-unsaturated/α-hetero) is 1. The van der Waals surface area contributed by atoms with Gasteiger partial charge in [-0.05, 0) is 22.3 Å². The molecule has 4 atom stereocenters. The van der Waals surface area contributed by atoms with Gasteiger partial charge in [0.05, 0.1) is 33.0 Å². The first kappa shape index (κ1) is 31.4. The first-order chi connectivity index (χ1) is 20.9. The molecular weight excluding hydrogens is 587 g/mol. The summed E-state index contributed by atoms with van der Waals surface area (Å²) in [5.41, 5.74) is 1.26. The molecule has 0 spiro atoms. The lowest BCUT2D eigenvalue weighted by atomic mass is 9.76. The lowest BCUT2D eigenvalue weighted by molar-refractivity contribution is -0.243. The molecule has 4 aromatic rings. The molecule has 0 heterocycles. The molecule has 0 bridgehead atoms. The largest absolute Gasteiger partial charge is 0.381 e. The average molecular weight is 622 g/mol. The number of rotatable bonds is 13. The van der Waals surface area contributed by atoms with Crippen molar-refractivity contribution in [2.75, 3.05) is 6.61 Å². The molecule has 0 aliphatic heterocycles. The average Bonchev–Trinajstić information content (AvgIpc) is 3.04. The summed E-state index contributed by atoms with van der Waals surface area (Å²) < 4.78 is 22.6. The zero-order valence-corrected chi connectivity index (χ0v) is 25.1. The lowest BCUT2D eigenvalue weighted by Gasteiger charge is -2.51. The van der Waals surface area contributed by atoms with Crippen molar-refractivity contribution in [2.24, 2.45) is 0 Å². The van der Waals surface area contributed by atoms with Crippen LogP contribution in [-0.4, -0.2) is 45.7 Å². The Morgan fingerprint density at radius 1 is 0.581 bits per heavy atom. The number of benzene rings is 4. The number of ether oxygens (including phenoxy) is 4. The van der Waals surface area contributed by atoms with Crippen molar-refractivity contribution in [3.05, 3.63) is 144 Å². The number of hydrogen-bond acceptors (Lipinski definition) is 6. The van der Waals surface area contributed by atoms with Crippen LogP contribution in [0.3, 0.4) is 0 Å². The van der Waals surface area contributed by atoms with Crippen molar-refractivity contribution in [3.63, 3.8) is 0 Å². The maximum atomic E-state index is 14.0. The fourth-order valence-corrected chi connectivity index (χ4v) is 5.63. The van der Waals surface area contributed by atoms with E-state index in [0.717, 1.165) is 22.3 Å². The van der Waals surface area contributed by atoms with E-state index in [2.05, 4.69) is 0 Å². The summed E-state index contributed by atoms with van der Waals surface area (Å²) in [6.45, 7) is 0.0995. The highest BCUT2D eigenvalue weighted by molar-refractivity contribution is 6.60. The molecule has 1 aliphatic rings. The molecule has 6 nitrogen and oxygen atoms in total. The van der Waals surface area contributed by atoms with Gasteiger partial charge in [-0.15, -0.1) is 0 Å². The standard InChI is InChI=1S/C35H34Cl2O6/c36-35(37)32(38)30(41-22-27-15-7-2-8-16-27)31(42-23-28-17-9-3-10-18-28)33(43-24-29-19-11-4-12-20-29)34(35,39)25-40-21-26-13-5-1-6-14-26/h1-20,30-31,33,39H,21-25H2/t30?,31?,33?,34-/m0/s1. The number of carbonyl (C=O) groups is 1. The Morgan fingerprint density at radius 3 is 1.44 bits per heavy atom. The van der Waals surface area contributed by atoms with E-state index in [4.69, 9.17) is 42.1 Å². The highest BCUT2D eigenvalue weighted by atomic mass is 35.5. The third kappa shape index (κ3) is 7.54. The van der Waals surface area contributed by atoms with Crippen molar-refractivity contribution in [1.29, 1.82) is 0 Å². The number of carbonyl (C=O) groups excluding carboxylic acids is 1. The zero-order valence-electron chi connectivity index (χ0n) is 23.6. The van der Waals surface area contributed by atoms with Crippen LogP contribution in [0.5, 0.6) is 0 Å². The number of halogens is 2. The van der Waals surface area contributed by atoms with E-state index in [0.29, 0.717) is 0 Å². The number of ketones is 1. The second-order valence-electron chi connectivity index (χ2n) is 10.5. The summed E-state index contributed by atoms with van der Waals surface area (Å²) in [4.78, 5) is 14.0. The van der Waals surface area contributed by atoms with Gasteiger partial charge in [-0.25, -0.2) is 0 Å². The molecule has 3 unspecified atom stereocenters. The summed E-state index contributed by atoms with van der Waals surface area (Å²) >= 11 is 13.6. The second-order valence-corrected chi connectivity index (χ2v) is 11.9. The number of alkyl halides is 2. The molecule has 1 aliphatic carbocycles. The van der Waals surface area contributed by atoms with Gasteiger partial charge in [-0.3, -0.25) is 4.79 Å². The number of aliphatic hydroxyl groups is 1. The van der Waals surface area contributed by atoms with Crippen LogP contribution in [0.25, 0.3) is 0 Å². The smallest absolute Gasteiger partial charge is 0.211 e. The molecule has 5 rings (SSSR count). The van der Waals surface area contributed by atoms with Gasteiger partial charge in [0.15, 0.2) is 5.60 Å². The monoisotopic (exact) mass is 620 g/mol. The van der Waals surface area contributed by atoms with Crippen LogP contribution in [0.1, 0.15) is 22.3 Å². The summed E-state index contributed by atoms with van der Waals surface area (Å²) in [5.74, 6) is -0.727. The van der Waals surface area contributed by atoms with Crippen molar-refractivity contribution in [3.8, 4) is 0 Å². The Hall–Kier alpha value is -3.07. The third-order valence-corrected chi connectivity index (χ3v) is 8.47. The van der Waals surface area contributed by atoms with Crippen LogP contribution in [0, 0.1) is 0 Å². The molecule has 43 heavy (non-hydrogen) atoms. The van der Waals surface area contributed by atoms with Gasteiger partial charge in [-0.1, -0.05) is 145 Å². The molecule has 224 valence electrons. The van der Waals surface area contributed by atoms with Crippen LogP contribution < -0.4 is 0 Å². The molecular formula is C35H34Cl2O6. The Labute approximate surface area is 262 Å². The molecule has 0 radical (unpaired) electrons. The fraction of sp³-hybridized carbons (Fsp3) is 0.286. The second kappa shape index (κ2) is 14.6. The molecule has 0 amide bonds. The van der Waals surface area contributed by atoms with Crippen molar-refractivity contribution >= 4 is 29.0 Å². The highest BCUT2D eigenvalue weighted by Crippen LogP contribution is 2.47. The summed E-state index contributed by atoms with van der Waals surface area (Å²) in [7, 11) is 0. The Balaban J connectivity index is 1.48. The highest BCUT2D eigenvalue weighted by Gasteiger charge is 2.68. The number of hydrogen-bond donors (Lipinski definition) is 1. The summed E-state index contributed by atoms with van der Waals surface area (Å²) in [6, 6.07) is 37.9. The SMILES string of the molecule is O=C1C(OCc2ccccc2)C(OCc2ccccc2)C(OCc2ccccc2)[C@@](O)(COCc2ccccc2)C1(Cl)Cl. The molecule has 0 aromatic heterocycles. The van der Waals surface area contributed by atoms with Gasteiger partial charge in [0.25, 0.3) is 0 Å². The van der Waals surface area contributed by atoms with Crippen molar-refractivity contribution in [2.45, 2.75) is 54.7 Å². The van der Waals surface area contributed by atoms with Crippen LogP contribution in [0.4, 0.5) is 0 Å². The van der Waals surface area contributed by atoms with Gasteiger partial charge in [0, 0.05) is 0 Å². The maximum Gasteiger partial charge on any atom is 0.211 e. The minimum atomic E-state index is -2.33. The van der Waals surface area contributed by atoms with Crippen molar-refractivity contribution < 1.29 is 28.8 Å². The first-order valence-electron chi connectivity index (χ1n) is 14.1. The predicted octanol–water partition coefficient (Wildman–Crippen LogP) is 6.45. The van der Waals surface area contributed by atoms with E-state index in [1.54, 1.807) is 0 Å². The molecule has 8 heteroatoms. The topological polar surface area (TPSA) is 74.2 Å². The van der Waals surface area contributed by atoms with E-state index < -0.39 is 40.6 Å². The van der Waals surface area contributed by atoms with E-state index in [9.17, 15) is 9.90 Å².